The van der Waals surface area contributed by atoms with E-state index in [4.69, 9.17) is 13.0 Å². The van der Waals surface area contributed by atoms with Crippen LogP contribution in [0.25, 0.3) is 0 Å². The smallest absolute Gasteiger partial charge is 2.00 e. The summed E-state index contributed by atoms with van der Waals surface area (Å²) in [6.45, 7) is 0. The Morgan fingerprint density at radius 1 is 1.50 bits per heavy atom. The molecule has 6 heteroatoms. The molecule has 0 saturated carbocycles. The van der Waals surface area contributed by atoms with Crippen LogP contribution in [0.2, 0.25) is 0 Å². The third-order valence-corrected chi connectivity index (χ3v) is 0. The molecule has 3 nitrogen and oxygen atoms in total. The first-order valence-electron chi connectivity index (χ1n) is 0.698. The monoisotopic (exact) mass is 215 g/mol. The van der Waals surface area contributed by atoms with Crippen molar-refractivity contribution in [2.24, 2.45) is 0 Å². The Morgan fingerprint density at radius 3 is 1.50 bits per heavy atom. The second-order valence-electron chi connectivity index (χ2n) is 0.448. The first kappa shape index (κ1) is 10.1. The van der Waals surface area contributed by atoms with Crippen LogP contribution in [0.4, 0.5) is 0 Å². The van der Waals surface area contributed by atoms with Crippen LogP contribution in [0.3, 0.4) is 0 Å². The van der Waals surface area contributed by atoms with E-state index in [0.29, 0.717) is 0 Å². The van der Waals surface area contributed by atoms with Gasteiger partial charge in [-0.1, -0.05) is 0 Å². The van der Waals surface area contributed by atoms with Crippen molar-refractivity contribution < 1.29 is 29.7 Å². The zero-order chi connectivity index (χ0) is 4.50. The van der Waals surface area contributed by atoms with Crippen molar-refractivity contribution in [3.63, 3.8) is 0 Å². The summed E-state index contributed by atoms with van der Waals surface area (Å²) in [6, 6.07) is 0. The molecule has 0 aromatic heterocycles. The van der Waals surface area contributed by atoms with E-state index in [0.717, 1.165) is 15.7 Å². The van der Waals surface area contributed by atoms with E-state index in [1.54, 1.807) is 0 Å². The standard InChI is InChI=1S/AsHO3S.Co/c1-5(2,3)4;/h(H,2,3,4);/q-2;+2. The molecule has 0 amide bonds. The summed E-state index contributed by atoms with van der Waals surface area (Å²) in [5.41, 5.74) is 0. The van der Waals surface area contributed by atoms with E-state index >= 15 is 0 Å². The molecule has 0 heterocycles. The van der Waals surface area contributed by atoms with Crippen LogP contribution in [-0.4, -0.2) is 28.7 Å². The van der Waals surface area contributed by atoms with Gasteiger partial charge in [-0.3, -0.25) is 0 Å². The molecule has 6 heavy (non-hydrogen) atoms. The van der Waals surface area contributed by atoms with Crippen LogP contribution >= 0.6 is 0 Å². The average Bonchev–Trinajstić information content (AvgIpc) is 0.722. The first-order valence-corrected chi connectivity index (χ1v) is 4.39. The average molecular weight is 215 g/mol. The second-order valence-corrected chi connectivity index (χ2v) is 4.25. The zero-order valence-corrected chi connectivity index (χ0v) is 6.19. The second kappa shape index (κ2) is 3.04. The van der Waals surface area contributed by atoms with E-state index in [-0.39, 0.29) is 16.8 Å². The van der Waals surface area contributed by atoms with Gasteiger partial charge < -0.3 is 0 Å². The SMILES string of the molecule is O=S(=O)(O)[As-2].[Co+2]. The molecule has 0 atom stereocenters. The van der Waals surface area contributed by atoms with Gasteiger partial charge >= 0.3 is 53.8 Å². The number of hydrogen-bond acceptors (Lipinski definition) is 2. The van der Waals surface area contributed by atoms with E-state index in [1.807, 2.05) is 0 Å². The molecule has 0 rings (SSSR count). The van der Waals surface area contributed by atoms with Crippen LogP contribution in [0, 0.1) is 0 Å². The molecule has 0 saturated heterocycles. The third kappa shape index (κ3) is 82.7. The zero-order valence-electron chi connectivity index (χ0n) is 2.45. The Kier molecular flexibility index (Phi) is 5.10. The summed E-state index contributed by atoms with van der Waals surface area (Å²) < 4.78 is 25.8. The predicted molar refractivity (Wildman–Crippen MR) is 17.3 cm³/mol. The van der Waals surface area contributed by atoms with Crippen molar-refractivity contribution in [2.75, 3.05) is 0 Å². The Balaban J connectivity index is 0. The Bertz CT molecular complexity index is 94.0. The van der Waals surface area contributed by atoms with Gasteiger partial charge in [0.15, 0.2) is 0 Å². The molecule has 39 valence electrons. The topological polar surface area (TPSA) is 54.4 Å². The maximum atomic E-state index is 9.16. The molecule has 0 aromatic rings. The van der Waals surface area contributed by atoms with Crippen LogP contribution in [0.1, 0.15) is 0 Å². The molecule has 0 aliphatic carbocycles. The van der Waals surface area contributed by atoms with Crippen molar-refractivity contribution in [3.8, 4) is 0 Å². The number of rotatable bonds is 0. The molecule has 0 unspecified atom stereocenters. The number of hydrogen-bond donors (Lipinski definition) is 1. The van der Waals surface area contributed by atoms with Crippen LogP contribution in [0.5, 0.6) is 0 Å². The predicted octanol–water partition coefficient (Wildman–Crippen LogP) is -1.04. The van der Waals surface area contributed by atoms with Gasteiger partial charge in [0.05, 0.1) is 0 Å². The summed E-state index contributed by atoms with van der Waals surface area (Å²) in [6.07, 6.45) is 0. The van der Waals surface area contributed by atoms with Crippen molar-refractivity contribution in [1.29, 1.82) is 0 Å². The van der Waals surface area contributed by atoms with E-state index in [2.05, 4.69) is 0 Å². The molecule has 0 aliphatic rings. The van der Waals surface area contributed by atoms with Gasteiger partial charge in [0.25, 0.3) is 0 Å². The van der Waals surface area contributed by atoms with Crippen LogP contribution < -0.4 is 0 Å². The fraction of sp³-hybridized carbons (Fsp3) is 0. The van der Waals surface area contributed by atoms with Gasteiger partial charge in [0.2, 0.25) is 0 Å². The molecule has 0 spiro atoms. The maximum Gasteiger partial charge on any atom is 2.00 e. The molecule has 0 aromatic carbocycles. The minimum Gasteiger partial charge on any atom is 2.00 e. The minimum atomic E-state index is -3.73. The summed E-state index contributed by atoms with van der Waals surface area (Å²) in [7, 11) is -3.73. The van der Waals surface area contributed by atoms with Crippen LogP contribution in [0.15, 0.2) is 0 Å². The quantitative estimate of drug-likeness (QED) is 0.414. The maximum absolute atomic E-state index is 9.16. The largest absolute Gasteiger partial charge is 2.00 e. The van der Waals surface area contributed by atoms with Crippen LogP contribution in [-0.2, 0) is 25.2 Å². The van der Waals surface area contributed by atoms with Gasteiger partial charge in [-0.15, -0.1) is 0 Å². The summed E-state index contributed by atoms with van der Waals surface area (Å²) in [4.78, 5) is 0. The van der Waals surface area contributed by atoms with E-state index in [9.17, 15) is 0 Å². The van der Waals surface area contributed by atoms with Gasteiger partial charge in [0.1, 0.15) is 0 Å². The molecule has 0 aliphatic heterocycles. The summed E-state index contributed by atoms with van der Waals surface area (Å²) >= 11 is 1.11. The molecule has 0 fully saturated rings. The van der Waals surface area contributed by atoms with Crippen molar-refractivity contribution in [3.05, 3.63) is 0 Å². The molecular weight excluding hydrogens is 214 g/mol. The Labute approximate surface area is 53.9 Å². The van der Waals surface area contributed by atoms with Crippen molar-refractivity contribution >= 4 is 24.1 Å². The fourth-order valence-electron chi connectivity index (χ4n) is 0. The Morgan fingerprint density at radius 2 is 1.50 bits per heavy atom. The Hall–Kier alpha value is 0.975. The fourth-order valence-corrected chi connectivity index (χ4v) is 0. The minimum absolute atomic E-state index is 0. The normalized spacial score (nSPS) is 9.67. The third-order valence-electron chi connectivity index (χ3n) is 0. The molecule has 1 radical (unpaired) electrons. The van der Waals surface area contributed by atoms with E-state index < -0.39 is 8.38 Å². The van der Waals surface area contributed by atoms with Gasteiger partial charge in [-0.25, -0.2) is 0 Å². The molecule has 0 bridgehead atoms. The summed E-state index contributed by atoms with van der Waals surface area (Å²) in [5, 5.41) is 0. The molecule has 1 N–H and O–H groups in total. The molecular formula is HAsCoO3S. The van der Waals surface area contributed by atoms with E-state index in [1.165, 1.54) is 0 Å². The van der Waals surface area contributed by atoms with Crippen molar-refractivity contribution in [1.82, 2.24) is 0 Å². The van der Waals surface area contributed by atoms with Gasteiger partial charge in [0, 0.05) is 0 Å². The van der Waals surface area contributed by atoms with Gasteiger partial charge in [-0.2, -0.15) is 0 Å². The van der Waals surface area contributed by atoms with Gasteiger partial charge in [-0.05, 0) is 0 Å². The van der Waals surface area contributed by atoms with Crippen molar-refractivity contribution in [2.45, 2.75) is 0 Å². The first-order chi connectivity index (χ1) is 2.00. The summed E-state index contributed by atoms with van der Waals surface area (Å²) in [5.74, 6) is 0.